The van der Waals surface area contributed by atoms with Gasteiger partial charge in [0.1, 0.15) is 5.82 Å². The highest BCUT2D eigenvalue weighted by Crippen LogP contribution is 2.18. The number of sulfonamides is 1. The molecule has 0 heterocycles. The van der Waals surface area contributed by atoms with Crippen molar-refractivity contribution in [3.63, 3.8) is 0 Å². The molecule has 1 rings (SSSR count). The molecule has 0 aliphatic heterocycles. The molecule has 0 fully saturated rings. The highest BCUT2D eigenvalue weighted by atomic mass is 32.2. The highest BCUT2D eigenvalue weighted by Gasteiger charge is 2.28. The molecular weight excluding hydrogens is 259 g/mol. The summed E-state index contributed by atoms with van der Waals surface area (Å²) in [5.41, 5.74) is 5.02. The zero-order chi connectivity index (χ0) is 13.9. The first-order valence-corrected chi connectivity index (χ1v) is 6.75. The van der Waals surface area contributed by atoms with E-state index >= 15 is 0 Å². The Morgan fingerprint density at radius 3 is 2.50 bits per heavy atom. The number of amides is 1. The molecule has 0 unspecified atom stereocenters. The molecule has 0 saturated heterocycles. The van der Waals surface area contributed by atoms with Crippen LogP contribution in [0.2, 0.25) is 0 Å². The van der Waals surface area contributed by atoms with Crippen molar-refractivity contribution in [3.05, 3.63) is 30.1 Å². The highest BCUT2D eigenvalue weighted by molar-refractivity contribution is 7.89. The van der Waals surface area contributed by atoms with E-state index in [9.17, 15) is 17.6 Å². The van der Waals surface area contributed by atoms with E-state index in [1.807, 2.05) is 0 Å². The molecule has 0 atom stereocenters. The van der Waals surface area contributed by atoms with E-state index in [0.29, 0.717) is 0 Å². The van der Waals surface area contributed by atoms with E-state index in [4.69, 9.17) is 5.73 Å². The number of nitrogens with two attached hydrogens (primary N) is 1. The number of rotatable bonds is 5. The van der Waals surface area contributed by atoms with E-state index in [-0.39, 0.29) is 4.90 Å². The zero-order valence-electron chi connectivity index (χ0n) is 10.1. The lowest BCUT2D eigenvalue weighted by molar-refractivity contribution is -0.118. The maximum absolute atomic E-state index is 13.0. The molecule has 1 aromatic carbocycles. The summed E-state index contributed by atoms with van der Waals surface area (Å²) >= 11 is 0. The third kappa shape index (κ3) is 3.27. The molecule has 1 amide bonds. The average Bonchev–Trinajstić information content (AvgIpc) is 2.25. The lowest BCUT2D eigenvalue weighted by atomic mass is 10.3. The fourth-order valence-corrected chi connectivity index (χ4v) is 3.10. The molecule has 0 radical (unpaired) electrons. The van der Waals surface area contributed by atoms with Crippen molar-refractivity contribution in [2.75, 3.05) is 6.54 Å². The third-order valence-corrected chi connectivity index (χ3v) is 4.31. The van der Waals surface area contributed by atoms with Gasteiger partial charge < -0.3 is 5.73 Å². The molecule has 7 heteroatoms. The van der Waals surface area contributed by atoms with Crippen molar-refractivity contribution in [2.45, 2.75) is 24.8 Å². The number of primary amides is 1. The van der Waals surface area contributed by atoms with Crippen LogP contribution in [0.5, 0.6) is 0 Å². The van der Waals surface area contributed by atoms with E-state index in [1.54, 1.807) is 13.8 Å². The predicted octanol–water partition coefficient (Wildman–Crippen LogP) is 0.710. The maximum Gasteiger partial charge on any atom is 0.243 e. The lowest BCUT2D eigenvalue weighted by Gasteiger charge is -2.24. The number of hydrogen-bond donors (Lipinski definition) is 1. The number of carbonyl (C=O) groups excluding carboxylic acids is 1. The van der Waals surface area contributed by atoms with Gasteiger partial charge in [-0.3, -0.25) is 4.79 Å². The predicted molar refractivity (Wildman–Crippen MR) is 64.6 cm³/mol. The largest absolute Gasteiger partial charge is 0.369 e. The summed E-state index contributed by atoms with van der Waals surface area (Å²) in [7, 11) is -3.93. The first-order valence-electron chi connectivity index (χ1n) is 5.31. The summed E-state index contributed by atoms with van der Waals surface area (Å²) in [4.78, 5) is 10.7. The second kappa shape index (κ2) is 5.45. The lowest BCUT2D eigenvalue weighted by Crippen LogP contribution is -2.42. The van der Waals surface area contributed by atoms with Crippen LogP contribution in [0.1, 0.15) is 13.8 Å². The van der Waals surface area contributed by atoms with Gasteiger partial charge in [-0.05, 0) is 32.0 Å². The Hall–Kier alpha value is -1.47. The van der Waals surface area contributed by atoms with Crippen molar-refractivity contribution in [1.82, 2.24) is 4.31 Å². The molecular formula is C11H15FN2O3S. The monoisotopic (exact) mass is 274 g/mol. The minimum Gasteiger partial charge on any atom is -0.369 e. The Kier molecular flexibility index (Phi) is 4.42. The Morgan fingerprint density at radius 1 is 1.44 bits per heavy atom. The molecule has 0 saturated carbocycles. The molecule has 5 nitrogen and oxygen atoms in total. The van der Waals surface area contributed by atoms with Crippen LogP contribution in [0.3, 0.4) is 0 Å². The Bertz CT molecular complexity index is 543. The summed E-state index contributed by atoms with van der Waals surface area (Å²) in [6.07, 6.45) is 0. The zero-order valence-corrected chi connectivity index (χ0v) is 10.9. The third-order valence-electron chi connectivity index (χ3n) is 2.29. The van der Waals surface area contributed by atoms with Crippen molar-refractivity contribution in [1.29, 1.82) is 0 Å². The first-order chi connectivity index (χ1) is 8.25. The van der Waals surface area contributed by atoms with Gasteiger partial charge in [-0.1, -0.05) is 6.07 Å². The SMILES string of the molecule is CC(C)N(CC(N)=O)S(=O)(=O)c1cccc(F)c1. The van der Waals surface area contributed by atoms with Gasteiger partial charge >= 0.3 is 0 Å². The molecule has 18 heavy (non-hydrogen) atoms. The number of carbonyl (C=O) groups is 1. The van der Waals surface area contributed by atoms with Gasteiger partial charge in [0.15, 0.2) is 0 Å². The van der Waals surface area contributed by atoms with Crippen LogP contribution >= 0.6 is 0 Å². The van der Waals surface area contributed by atoms with Crippen LogP contribution in [-0.2, 0) is 14.8 Å². The van der Waals surface area contributed by atoms with Gasteiger partial charge in [0.2, 0.25) is 15.9 Å². The van der Waals surface area contributed by atoms with Crippen LogP contribution in [0, 0.1) is 5.82 Å². The minimum atomic E-state index is -3.93. The van der Waals surface area contributed by atoms with Crippen LogP contribution in [0.4, 0.5) is 4.39 Å². The number of nitrogens with zero attached hydrogens (tertiary/aromatic N) is 1. The maximum atomic E-state index is 13.0. The first kappa shape index (κ1) is 14.6. The molecule has 0 aromatic heterocycles. The topological polar surface area (TPSA) is 80.5 Å². The van der Waals surface area contributed by atoms with E-state index in [1.165, 1.54) is 12.1 Å². The number of halogens is 1. The summed E-state index contributed by atoms with van der Waals surface area (Å²) in [6.45, 7) is 2.79. The molecule has 2 N–H and O–H groups in total. The van der Waals surface area contributed by atoms with Crippen molar-refractivity contribution in [3.8, 4) is 0 Å². The van der Waals surface area contributed by atoms with Crippen LogP contribution < -0.4 is 5.73 Å². The minimum absolute atomic E-state index is 0.197. The van der Waals surface area contributed by atoms with E-state index in [2.05, 4.69) is 0 Å². The molecule has 0 aliphatic rings. The quantitative estimate of drug-likeness (QED) is 0.858. The number of hydrogen-bond acceptors (Lipinski definition) is 3. The van der Waals surface area contributed by atoms with Crippen LogP contribution in [-0.4, -0.2) is 31.2 Å². The summed E-state index contributed by atoms with van der Waals surface area (Å²) < 4.78 is 38.4. The normalized spacial score (nSPS) is 12.1. The van der Waals surface area contributed by atoms with Crippen molar-refractivity contribution < 1.29 is 17.6 Å². The average molecular weight is 274 g/mol. The van der Waals surface area contributed by atoms with Gasteiger partial charge in [0, 0.05) is 6.04 Å². The van der Waals surface area contributed by atoms with Crippen molar-refractivity contribution in [2.24, 2.45) is 5.73 Å². The van der Waals surface area contributed by atoms with Crippen molar-refractivity contribution >= 4 is 15.9 Å². The molecule has 1 aromatic rings. The second-order valence-electron chi connectivity index (χ2n) is 4.07. The van der Waals surface area contributed by atoms with Crippen LogP contribution in [0.15, 0.2) is 29.2 Å². The van der Waals surface area contributed by atoms with Gasteiger partial charge in [-0.2, -0.15) is 4.31 Å². The van der Waals surface area contributed by atoms with Gasteiger partial charge in [0.25, 0.3) is 0 Å². The molecule has 0 bridgehead atoms. The Labute approximate surface area is 105 Å². The fraction of sp³-hybridized carbons (Fsp3) is 0.364. The molecule has 100 valence electrons. The smallest absolute Gasteiger partial charge is 0.243 e. The Balaban J connectivity index is 3.21. The van der Waals surface area contributed by atoms with Crippen LogP contribution in [0.25, 0.3) is 0 Å². The summed E-state index contributed by atoms with van der Waals surface area (Å²) in [6, 6.07) is 4.17. The molecule has 0 aliphatic carbocycles. The molecule has 0 spiro atoms. The standard InChI is InChI=1S/C11H15FN2O3S/c1-8(2)14(7-11(13)15)18(16,17)10-5-3-4-9(12)6-10/h3-6,8H,7H2,1-2H3,(H2,13,15). The Morgan fingerprint density at radius 2 is 2.06 bits per heavy atom. The van der Waals surface area contributed by atoms with Gasteiger partial charge in [-0.15, -0.1) is 0 Å². The van der Waals surface area contributed by atoms with E-state index in [0.717, 1.165) is 16.4 Å². The van der Waals surface area contributed by atoms with E-state index < -0.39 is 34.3 Å². The second-order valence-corrected chi connectivity index (χ2v) is 5.96. The van der Waals surface area contributed by atoms with Gasteiger partial charge in [0.05, 0.1) is 11.4 Å². The van der Waals surface area contributed by atoms with Gasteiger partial charge in [-0.25, -0.2) is 12.8 Å². The fourth-order valence-electron chi connectivity index (χ4n) is 1.46. The summed E-state index contributed by atoms with van der Waals surface area (Å²) in [5.74, 6) is -1.41. The summed E-state index contributed by atoms with van der Waals surface area (Å²) in [5, 5.41) is 0. The number of benzene rings is 1.